The summed E-state index contributed by atoms with van der Waals surface area (Å²) in [6.45, 7) is 6.31. The lowest BCUT2D eigenvalue weighted by Crippen LogP contribution is -2.31. The number of hydrogen-bond donors (Lipinski definition) is 2. The van der Waals surface area contributed by atoms with Gasteiger partial charge in [0.25, 0.3) is 0 Å². The molecule has 4 nitrogen and oxygen atoms in total. The number of carbonyl (C=O) groups excluding carboxylic acids is 1. The number of para-hydroxylation sites is 1. The maximum absolute atomic E-state index is 11.9. The molecular formula is C15H21ClN2O2. The number of carbonyl (C=O) groups is 1. The lowest BCUT2D eigenvalue weighted by Gasteiger charge is -2.13. The van der Waals surface area contributed by atoms with E-state index in [2.05, 4.69) is 17.2 Å². The lowest BCUT2D eigenvalue weighted by atomic mass is 10.1. The highest BCUT2D eigenvalue weighted by molar-refractivity contribution is 5.85. The van der Waals surface area contributed by atoms with Crippen molar-refractivity contribution in [1.82, 2.24) is 10.6 Å². The summed E-state index contributed by atoms with van der Waals surface area (Å²) < 4.78 is 5.56. The van der Waals surface area contributed by atoms with Gasteiger partial charge < -0.3 is 15.4 Å². The Morgan fingerprint density at radius 3 is 3.00 bits per heavy atom. The van der Waals surface area contributed by atoms with Crippen LogP contribution in [0, 0.1) is 5.92 Å². The zero-order valence-electron chi connectivity index (χ0n) is 11.4. The predicted molar refractivity (Wildman–Crippen MR) is 82.2 cm³/mol. The number of rotatable bonds is 6. The molecule has 2 N–H and O–H groups in total. The van der Waals surface area contributed by atoms with E-state index in [1.54, 1.807) is 6.08 Å². The average Bonchev–Trinajstić information content (AvgIpc) is 2.97. The van der Waals surface area contributed by atoms with Crippen molar-refractivity contribution in [2.75, 3.05) is 19.7 Å². The standard InChI is InChI=1S/C15H20N2O2.ClH/c1-2-9-19-14-6-4-3-5-12(14)11-17-15(18)13-7-8-16-10-13;/h2-6,13,16H,1,7-11H2,(H,17,18);1H. The summed E-state index contributed by atoms with van der Waals surface area (Å²) in [7, 11) is 0. The normalized spacial score (nSPS) is 17.1. The van der Waals surface area contributed by atoms with Crippen LogP contribution in [0.2, 0.25) is 0 Å². The van der Waals surface area contributed by atoms with Gasteiger partial charge >= 0.3 is 0 Å². The van der Waals surface area contributed by atoms with Crippen molar-refractivity contribution < 1.29 is 9.53 Å². The van der Waals surface area contributed by atoms with E-state index in [1.807, 2.05) is 24.3 Å². The highest BCUT2D eigenvalue weighted by Crippen LogP contribution is 2.18. The third kappa shape index (κ3) is 4.54. The van der Waals surface area contributed by atoms with Gasteiger partial charge in [-0.3, -0.25) is 4.79 Å². The van der Waals surface area contributed by atoms with E-state index < -0.39 is 0 Å². The molecule has 0 bridgehead atoms. The Morgan fingerprint density at radius 1 is 1.50 bits per heavy atom. The predicted octanol–water partition coefficient (Wildman–Crippen LogP) is 1.90. The minimum Gasteiger partial charge on any atom is -0.489 e. The van der Waals surface area contributed by atoms with Crippen LogP contribution in [0.15, 0.2) is 36.9 Å². The molecular weight excluding hydrogens is 276 g/mol. The molecule has 110 valence electrons. The van der Waals surface area contributed by atoms with Gasteiger partial charge in [-0.2, -0.15) is 0 Å². The summed E-state index contributed by atoms with van der Waals surface area (Å²) in [5, 5.41) is 6.17. The van der Waals surface area contributed by atoms with Crippen molar-refractivity contribution in [2.45, 2.75) is 13.0 Å². The first-order valence-electron chi connectivity index (χ1n) is 6.61. The summed E-state index contributed by atoms with van der Waals surface area (Å²) in [6.07, 6.45) is 2.63. The van der Waals surface area contributed by atoms with Crippen LogP contribution < -0.4 is 15.4 Å². The molecule has 0 spiro atoms. The highest BCUT2D eigenvalue weighted by atomic mass is 35.5. The Labute approximate surface area is 126 Å². The van der Waals surface area contributed by atoms with Crippen LogP contribution in [-0.4, -0.2) is 25.6 Å². The minimum absolute atomic E-state index is 0. The molecule has 5 heteroatoms. The minimum atomic E-state index is 0. The van der Waals surface area contributed by atoms with Crippen molar-refractivity contribution in [3.05, 3.63) is 42.5 Å². The van der Waals surface area contributed by atoms with Gasteiger partial charge in [-0.05, 0) is 19.0 Å². The van der Waals surface area contributed by atoms with E-state index in [0.717, 1.165) is 30.8 Å². The van der Waals surface area contributed by atoms with Gasteiger partial charge in [-0.15, -0.1) is 12.4 Å². The Bertz CT molecular complexity index is 445. The molecule has 20 heavy (non-hydrogen) atoms. The van der Waals surface area contributed by atoms with Crippen LogP contribution in [0.25, 0.3) is 0 Å². The summed E-state index contributed by atoms with van der Waals surface area (Å²) >= 11 is 0. The molecule has 1 unspecified atom stereocenters. The van der Waals surface area contributed by atoms with E-state index in [9.17, 15) is 4.79 Å². The van der Waals surface area contributed by atoms with Crippen molar-refractivity contribution in [2.24, 2.45) is 5.92 Å². The quantitative estimate of drug-likeness (QED) is 0.788. The van der Waals surface area contributed by atoms with Crippen LogP contribution >= 0.6 is 12.4 Å². The van der Waals surface area contributed by atoms with E-state index in [4.69, 9.17) is 4.74 Å². The second-order valence-corrected chi connectivity index (χ2v) is 4.61. The van der Waals surface area contributed by atoms with E-state index >= 15 is 0 Å². The Morgan fingerprint density at radius 2 is 2.30 bits per heavy atom. The first-order valence-corrected chi connectivity index (χ1v) is 6.61. The van der Waals surface area contributed by atoms with Crippen LogP contribution in [0.4, 0.5) is 0 Å². The Kier molecular flexibility index (Phi) is 7.12. The molecule has 1 amide bonds. The van der Waals surface area contributed by atoms with E-state index in [1.165, 1.54) is 0 Å². The van der Waals surface area contributed by atoms with E-state index in [-0.39, 0.29) is 24.2 Å². The number of ether oxygens (including phenoxy) is 1. The fourth-order valence-corrected chi connectivity index (χ4v) is 2.14. The topological polar surface area (TPSA) is 50.4 Å². The number of nitrogens with one attached hydrogen (secondary N) is 2. The fourth-order valence-electron chi connectivity index (χ4n) is 2.14. The molecule has 1 atom stereocenters. The summed E-state index contributed by atoms with van der Waals surface area (Å²) in [5.74, 6) is 1.01. The van der Waals surface area contributed by atoms with Gasteiger partial charge in [-0.25, -0.2) is 0 Å². The molecule has 1 aliphatic heterocycles. The molecule has 2 rings (SSSR count). The molecule has 0 aromatic heterocycles. The largest absolute Gasteiger partial charge is 0.489 e. The van der Waals surface area contributed by atoms with Crippen molar-refractivity contribution in [1.29, 1.82) is 0 Å². The van der Waals surface area contributed by atoms with Crippen molar-refractivity contribution in [3.63, 3.8) is 0 Å². The average molecular weight is 297 g/mol. The van der Waals surface area contributed by atoms with Crippen LogP contribution in [0.3, 0.4) is 0 Å². The van der Waals surface area contributed by atoms with Crippen LogP contribution in [0.5, 0.6) is 5.75 Å². The van der Waals surface area contributed by atoms with Gasteiger partial charge in [0.05, 0.1) is 5.92 Å². The van der Waals surface area contributed by atoms with E-state index in [0.29, 0.717) is 13.2 Å². The number of halogens is 1. The summed E-state index contributed by atoms with van der Waals surface area (Å²) in [6, 6.07) is 7.73. The molecule has 1 aromatic carbocycles. The Hall–Kier alpha value is -1.52. The fraction of sp³-hybridized carbons (Fsp3) is 0.400. The molecule has 1 heterocycles. The molecule has 1 aliphatic rings. The molecule has 1 aromatic rings. The summed E-state index contributed by atoms with van der Waals surface area (Å²) in [4.78, 5) is 11.9. The molecule has 0 radical (unpaired) electrons. The number of hydrogen-bond acceptors (Lipinski definition) is 3. The zero-order valence-corrected chi connectivity index (χ0v) is 12.2. The van der Waals surface area contributed by atoms with Crippen LogP contribution in [0.1, 0.15) is 12.0 Å². The van der Waals surface area contributed by atoms with Gasteiger partial charge in [-0.1, -0.05) is 30.9 Å². The monoisotopic (exact) mass is 296 g/mol. The molecule has 1 saturated heterocycles. The first-order chi connectivity index (χ1) is 9.31. The Balaban J connectivity index is 0.00000200. The van der Waals surface area contributed by atoms with Gasteiger partial charge in [0.15, 0.2) is 0 Å². The second-order valence-electron chi connectivity index (χ2n) is 4.61. The smallest absolute Gasteiger partial charge is 0.224 e. The molecule has 1 fully saturated rings. The molecule has 0 aliphatic carbocycles. The van der Waals surface area contributed by atoms with Gasteiger partial charge in [0.1, 0.15) is 12.4 Å². The first kappa shape index (κ1) is 16.5. The maximum atomic E-state index is 11.9. The lowest BCUT2D eigenvalue weighted by molar-refractivity contribution is -0.124. The van der Waals surface area contributed by atoms with Crippen molar-refractivity contribution >= 4 is 18.3 Å². The van der Waals surface area contributed by atoms with Crippen molar-refractivity contribution in [3.8, 4) is 5.75 Å². The zero-order chi connectivity index (χ0) is 13.5. The highest BCUT2D eigenvalue weighted by Gasteiger charge is 2.22. The van der Waals surface area contributed by atoms with Gasteiger partial charge in [0, 0.05) is 18.7 Å². The second kappa shape index (κ2) is 8.61. The van der Waals surface area contributed by atoms with Gasteiger partial charge in [0.2, 0.25) is 5.91 Å². The third-order valence-corrected chi connectivity index (χ3v) is 3.21. The maximum Gasteiger partial charge on any atom is 0.224 e. The van der Waals surface area contributed by atoms with Crippen LogP contribution in [-0.2, 0) is 11.3 Å². The number of benzene rings is 1. The third-order valence-electron chi connectivity index (χ3n) is 3.21. The molecule has 0 saturated carbocycles. The summed E-state index contributed by atoms with van der Waals surface area (Å²) in [5.41, 5.74) is 0.989. The SMILES string of the molecule is C=CCOc1ccccc1CNC(=O)C1CCNC1.Cl. The number of amides is 1.